The van der Waals surface area contributed by atoms with E-state index < -0.39 is 0 Å². The van der Waals surface area contributed by atoms with Crippen LogP contribution in [0.3, 0.4) is 0 Å². The molecule has 0 radical (unpaired) electrons. The highest BCUT2D eigenvalue weighted by Gasteiger charge is 2.07. The molecule has 1 aromatic heterocycles. The van der Waals surface area contributed by atoms with Crippen LogP contribution in [0.25, 0.3) is 22.0 Å². The molecule has 0 aliphatic carbocycles. The maximum absolute atomic E-state index is 5.48. The largest absolute Gasteiger partial charge is 0.497 e. The highest BCUT2D eigenvalue weighted by molar-refractivity contribution is 6.02. The summed E-state index contributed by atoms with van der Waals surface area (Å²) >= 11 is 0. The van der Waals surface area contributed by atoms with Gasteiger partial charge in [-0.2, -0.15) is 10.2 Å². The molecule has 4 aromatic rings. The first kappa shape index (κ1) is 18.4. The number of methoxy groups -OCH3 is 2. The fourth-order valence-electron chi connectivity index (χ4n) is 2.99. The molecule has 7 nitrogen and oxygen atoms in total. The topological polar surface area (TPSA) is 81.5 Å². The second-order valence-electron chi connectivity index (χ2n) is 6.17. The number of rotatable bonds is 6. The Labute approximate surface area is 168 Å². The quantitative estimate of drug-likeness (QED) is 0.397. The van der Waals surface area contributed by atoms with E-state index >= 15 is 0 Å². The van der Waals surface area contributed by atoms with Crippen molar-refractivity contribution in [2.75, 3.05) is 19.6 Å². The lowest BCUT2D eigenvalue weighted by Crippen LogP contribution is -2.01. The number of fused-ring (bicyclic) bond motifs is 1. The summed E-state index contributed by atoms with van der Waals surface area (Å²) in [5, 5.41) is 14.4. The van der Waals surface area contributed by atoms with Gasteiger partial charge in [0.15, 0.2) is 0 Å². The summed E-state index contributed by atoms with van der Waals surface area (Å²) < 4.78 is 10.7. The number of benzene rings is 3. The molecule has 144 valence electrons. The Hall–Kier alpha value is -4.00. The number of anilines is 1. The van der Waals surface area contributed by atoms with Gasteiger partial charge >= 0.3 is 0 Å². The summed E-state index contributed by atoms with van der Waals surface area (Å²) in [6.45, 7) is 0. The third-order valence-electron chi connectivity index (χ3n) is 4.45. The van der Waals surface area contributed by atoms with Gasteiger partial charge in [0, 0.05) is 11.1 Å². The number of nitrogens with one attached hydrogen (secondary N) is 1. The summed E-state index contributed by atoms with van der Waals surface area (Å²) in [4.78, 5) is 4.46. The predicted molar refractivity (Wildman–Crippen MR) is 114 cm³/mol. The zero-order valence-electron chi connectivity index (χ0n) is 16.0. The molecule has 1 N–H and O–H groups in total. The van der Waals surface area contributed by atoms with Gasteiger partial charge in [0.1, 0.15) is 11.5 Å². The van der Waals surface area contributed by atoms with Crippen LogP contribution in [-0.4, -0.2) is 35.6 Å². The minimum absolute atomic E-state index is 0.300. The molecular formula is C22H19N5O2. The Bertz CT molecular complexity index is 1160. The molecule has 0 atom stereocenters. The van der Waals surface area contributed by atoms with Crippen molar-refractivity contribution in [2.24, 2.45) is 5.10 Å². The maximum atomic E-state index is 5.48. The second kappa shape index (κ2) is 8.35. The zero-order valence-corrected chi connectivity index (χ0v) is 16.0. The molecule has 1 heterocycles. The molecule has 0 saturated heterocycles. The number of hydrogen-bond acceptors (Lipinski definition) is 7. The molecule has 0 saturated carbocycles. The van der Waals surface area contributed by atoms with Crippen molar-refractivity contribution in [1.82, 2.24) is 15.2 Å². The van der Waals surface area contributed by atoms with Crippen molar-refractivity contribution in [1.29, 1.82) is 0 Å². The van der Waals surface area contributed by atoms with Gasteiger partial charge in [-0.1, -0.05) is 30.3 Å². The van der Waals surface area contributed by atoms with Gasteiger partial charge in [-0.3, -0.25) is 0 Å². The number of aromatic nitrogens is 3. The van der Waals surface area contributed by atoms with E-state index in [0.717, 1.165) is 33.4 Å². The minimum atomic E-state index is 0.300. The first-order valence-electron chi connectivity index (χ1n) is 8.97. The fraction of sp³-hybridized carbons (Fsp3) is 0.0909. The smallest absolute Gasteiger partial charge is 0.263 e. The molecular weight excluding hydrogens is 366 g/mol. The summed E-state index contributed by atoms with van der Waals surface area (Å²) in [5.41, 5.74) is 5.31. The van der Waals surface area contributed by atoms with Crippen LogP contribution in [0.5, 0.6) is 11.5 Å². The van der Waals surface area contributed by atoms with E-state index in [1.807, 2.05) is 60.7 Å². The van der Waals surface area contributed by atoms with Gasteiger partial charge in [-0.05, 0) is 41.1 Å². The molecule has 4 rings (SSSR count). The Morgan fingerprint density at radius 3 is 2.55 bits per heavy atom. The van der Waals surface area contributed by atoms with Crippen molar-refractivity contribution in [2.45, 2.75) is 0 Å². The molecule has 3 aromatic carbocycles. The van der Waals surface area contributed by atoms with E-state index in [9.17, 15) is 0 Å². The van der Waals surface area contributed by atoms with Gasteiger partial charge in [0.05, 0.1) is 32.3 Å². The van der Waals surface area contributed by atoms with Gasteiger partial charge in [0.2, 0.25) is 0 Å². The molecule has 0 spiro atoms. The van der Waals surface area contributed by atoms with Crippen molar-refractivity contribution in [3.63, 3.8) is 0 Å². The standard InChI is InChI=1S/C22H19N5O2/c1-28-17-10-7-16(8-11-17)20-14-24-27-22(25-20)26-23-13-19-18-6-4-3-5-15(18)9-12-21(19)29-2/h3-14H,1-2H3,(H,25,26,27)/b23-13+. The van der Waals surface area contributed by atoms with Crippen LogP contribution in [0.2, 0.25) is 0 Å². The lowest BCUT2D eigenvalue weighted by molar-refractivity contribution is 0.414. The monoisotopic (exact) mass is 385 g/mol. The maximum Gasteiger partial charge on any atom is 0.263 e. The van der Waals surface area contributed by atoms with Gasteiger partial charge in [-0.15, -0.1) is 5.10 Å². The molecule has 0 aliphatic rings. The van der Waals surface area contributed by atoms with Crippen LogP contribution >= 0.6 is 0 Å². The molecule has 7 heteroatoms. The minimum Gasteiger partial charge on any atom is -0.497 e. The lowest BCUT2D eigenvalue weighted by atomic mass is 10.0. The molecule has 0 fully saturated rings. The summed E-state index contributed by atoms with van der Waals surface area (Å²) in [7, 11) is 3.27. The first-order valence-corrected chi connectivity index (χ1v) is 8.97. The highest BCUT2D eigenvalue weighted by Crippen LogP contribution is 2.26. The SMILES string of the molecule is COc1ccc(-c2cnnc(N/N=C/c3c(OC)ccc4ccccc34)n2)cc1. The second-order valence-corrected chi connectivity index (χ2v) is 6.17. The number of nitrogens with zero attached hydrogens (tertiary/aromatic N) is 4. The Morgan fingerprint density at radius 2 is 1.76 bits per heavy atom. The lowest BCUT2D eigenvalue weighted by Gasteiger charge is -2.08. The Kier molecular flexibility index (Phi) is 5.29. The third-order valence-corrected chi connectivity index (χ3v) is 4.45. The normalized spacial score (nSPS) is 11.0. The summed E-state index contributed by atoms with van der Waals surface area (Å²) in [6.07, 6.45) is 3.30. The number of ether oxygens (including phenoxy) is 2. The van der Waals surface area contributed by atoms with E-state index in [1.54, 1.807) is 26.6 Å². The van der Waals surface area contributed by atoms with Gasteiger partial charge in [-0.25, -0.2) is 10.4 Å². The van der Waals surface area contributed by atoms with Crippen LogP contribution in [-0.2, 0) is 0 Å². The van der Waals surface area contributed by atoms with Crippen molar-refractivity contribution >= 4 is 22.9 Å². The van der Waals surface area contributed by atoms with Gasteiger partial charge in [0.25, 0.3) is 5.95 Å². The van der Waals surface area contributed by atoms with E-state index in [-0.39, 0.29) is 0 Å². The van der Waals surface area contributed by atoms with Crippen molar-refractivity contribution in [3.8, 4) is 22.8 Å². The van der Waals surface area contributed by atoms with Crippen LogP contribution in [0.15, 0.2) is 72.0 Å². The van der Waals surface area contributed by atoms with E-state index in [2.05, 4.69) is 25.7 Å². The Balaban J connectivity index is 1.58. The van der Waals surface area contributed by atoms with Crippen LogP contribution < -0.4 is 14.9 Å². The van der Waals surface area contributed by atoms with E-state index in [4.69, 9.17) is 9.47 Å². The highest BCUT2D eigenvalue weighted by atomic mass is 16.5. The van der Waals surface area contributed by atoms with E-state index in [1.165, 1.54) is 0 Å². The van der Waals surface area contributed by atoms with Crippen molar-refractivity contribution < 1.29 is 9.47 Å². The molecule has 29 heavy (non-hydrogen) atoms. The zero-order chi connectivity index (χ0) is 20.1. The molecule has 0 aliphatic heterocycles. The predicted octanol–water partition coefficient (Wildman–Crippen LogP) is 4.16. The van der Waals surface area contributed by atoms with Crippen LogP contribution in [0, 0.1) is 0 Å². The van der Waals surface area contributed by atoms with Crippen molar-refractivity contribution in [3.05, 3.63) is 72.4 Å². The Morgan fingerprint density at radius 1 is 0.931 bits per heavy atom. The molecule has 0 amide bonds. The van der Waals surface area contributed by atoms with Crippen LogP contribution in [0.1, 0.15) is 5.56 Å². The molecule has 0 bridgehead atoms. The third kappa shape index (κ3) is 3.98. The first-order chi connectivity index (χ1) is 14.3. The summed E-state index contributed by atoms with van der Waals surface area (Å²) in [6, 6.07) is 19.6. The van der Waals surface area contributed by atoms with Crippen LogP contribution in [0.4, 0.5) is 5.95 Å². The summed E-state index contributed by atoms with van der Waals surface area (Å²) in [5.74, 6) is 1.82. The van der Waals surface area contributed by atoms with E-state index in [0.29, 0.717) is 11.6 Å². The number of hydrogen-bond donors (Lipinski definition) is 1. The number of hydrazone groups is 1. The fourth-order valence-corrected chi connectivity index (χ4v) is 2.99. The molecule has 0 unspecified atom stereocenters. The average Bonchev–Trinajstić information content (AvgIpc) is 2.79. The average molecular weight is 385 g/mol. The van der Waals surface area contributed by atoms with Gasteiger partial charge < -0.3 is 9.47 Å².